The molecule has 21 heavy (non-hydrogen) atoms. The first-order valence-corrected chi connectivity index (χ1v) is 7.32. The molecule has 7 heteroatoms. The van der Waals surface area contributed by atoms with Gasteiger partial charge < -0.3 is 21.3 Å². The van der Waals surface area contributed by atoms with Gasteiger partial charge in [0.15, 0.2) is 0 Å². The van der Waals surface area contributed by atoms with Crippen molar-refractivity contribution in [3.8, 4) is 0 Å². The van der Waals surface area contributed by atoms with Crippen LogP contribution in [-0.2, 0) is 14.4 Å². The molecule has 1 rings (SSSR count). The first kappa shape index (κ1) is 17.4. The Morgan fingerprint density at radius 2 is 1.76 bits per heavy atom. The lowest BCUT2D eigenvalue weighted by Gasteiger charge is -2.35. The van der Waals surface area contributed by atoms with Crippen LogP contribution in [0, 0.1) is 5.41 Å². The van der Waals surface area contributed by atoms with E-state index in [1.54, 1.807) is 0 Å². The van der Waals surface area contributed by atoms with Gasteiger partial charge in [-0.1, -0.05) is 19.3 Å². The minimum absolute atomic E-state index is 0.119. The average Bonchev–Trinajstić information content (AvgIpc) is 2.43. The number of carboxylic acid groups (broad SMARTS) is 2. The van der Waals surface area contributed by atoms with Crippen LogP contribution in [0.1, 0.15) is 51.4 Å². The Bertz CT molecular complexity index is 391. The molecule has 1 saturated carbocycles. The predicted molar refractivity (Wildman–Crippen MR) is 75.6 cm³/mol. The SMILES string of the molecule is NCC1(CC(=O)N[C@@H](CCC(=O)O)C(=O)O)CCCCC1. The summed E-state index contributed by atoms with van der Waals surface area (Å²) < 4.78 is 0. The van der Waals surface area contributed by atoms with Gasteiger partial charge in [-0.05, 0) is 31.2 Å². The molecule has 0 heterocycles. The highest BCUT2D eigenvalue weighted by atomic mass is 16.4. The Morgan fingerprint density at radius 3 is 2.24 bits per heavy atom. The molecule has 0 bridgehead atoms. The molecular formula is C14H24N2O5. The zero-order chi connectivity index (χ0) is 15.9. The van der Waals surface area contributed by atoms with Crippen LogP contribution in [-0.4, -0.2) is 40.6 Å². The summed E-state index contributed by atoms with van der Waals surface area (Å²) in [6.45, 7) is 0.410. The number of rotatable bonds is 8. The van der Waals surface area contributed by atoms with Crippen molar-refractivity contribution in [1.29, 1.82) is 0 Å². The number of carbonyl (C=O) groups excluding carboxylic acids is 1. The van der Waals surface area contributed by atoms with Gasteiger partial charge in [-0.2, -0.15) is 0 Å². The fraction of sp³-hybridized carbons (Fsp3) is 0.786. The lowest BCUT2D eigenvalue weighted by atomic mass is 9.71. The molecule has 1 fully saturated rings. The van der Waals surface area contributed by atoms with Crippen LogP contribution >= 0.6 is 0 Å². The zero-order valence-corrected chi connectivity index (χ0v) is 12.1. The Kier molecular flexibility index (Phi) is 6.61. The van der Waals surface area contributed by atoms with Crippen molar-refractivity contribution in [2.45, 2.75) is 57.4 Å². The maximum absolute atomic E-state index is 12.1. The summed E-state index contributed by atoms with van der Waals surface area (Å²) in [5.74, 6) is -2.66. The molecule has 7 nitrogen and oxygen atoms in total. The summed E-state index contributed by atoms with van der Waals surface area (Å²) in [6.07, 6.45) is 4.76. The fourth-order valence-corrected chi connectivity index (χ4v) is 2.87. The van der Waals surface area contributed by atoms with Gasteiger partial charge in [-0.15, -0.1) is 0 Å². The van der Waals surface area contributed by atoms with E-state index in [0.29, 0.717) is 6.54 Å². The molecule has 1 aliphatic carbocycles. The Balaban J connectivity index is 2.56. The van der Waals surface area contributed by atoms with E-state index in [1.165, 1.54) is 0 Å². The third-order valence-electron chi connectivity index (χ3n) is 4.16. The van der Waals surface area contributed by atoms with E-state index >= 15 is 0 Å². The van der Waals surface area contributed by atoms with E-state index in [2.05, 4.69) is 5.32 Å². The van der Waals surface area contributed by atoms with Crippen molar-refractivity contribution < 1.29 is 24.6 Å². The van der Waals surface area contributed by atoms with Crippen LogP contribution in [0.2, 0.25) is 0 Å². The topological polar surface area (TPSA) is 130 Å². The second kappa shape index (κ2) is 7.97. The number of amides is 1. The quantitative estimate of drug-likeness (QED) is 0.522. The molecule has 1 atom stereocenters. The van der Waals surface area contributed by atoms with Gasteiger partial charge in [-0.25, -0.2) is 4.79 Å². The molecule has 0 aromatic rings. The molecule has 5 N–H and O–H groups in total. The number of carboxylic acids is 2. The number of nitrogens with one attached hydrogen (secondary N) is 1. The first-order chi connectivity index (χ1) is 9.88. The van der Waals surface area contributed by atoms with Gasteiger partial charge in [0.2, 0.25) is 5.91 Å². The summed E-state index contributed by atoms with van der Waals surface area (Å²) in [7, 11) is 0. The minimum atomic E-state index is -1.21. The summed E-state index contributed by atoms with van der Waals surface area (Å²) in [5.41, 5.74) is 5.56. The van der Waals surface area contributed by atoms with Gasteiger partial charge in [-0.3, -0.25) is 9.59 Å². The monoisotopic (exact) mass is 300 g/mol. The molecule has 0 radical (unpaired) electrons. The largest absolute Gasteiger partial charge is 0.481 e. The zero-order valence-electron chi connectivity index (χ0n) is 12.1. The summed E-state index contributed by atoms with van der Waals surface area (Å²) in [4.78, 5) is 33.6. The average molecular weight is 300 g/mol. The van der Waals surface area contributed by atoms with Crippen molar-refractivity contribution in [3.05, 3.63) is 0 Å². The standard InChI is InChI=1S/C14H24N2O5/c15-9-14(6-2-1-3-7-14)8-11(17)16-10(13(20)21)4-5-12(18)19/h10H,1-9,15H2,(H,16,17)(H,18,19)(H,20,21)/t10-/m0/s1. The van der Waals surface area contributed by atoms with Gasteiger partial charge >= 0.3 is 11.9 Å². The van der Waals surface area contributed by atoms with Crippen LogP contribution in [0.4, 0.5) is 0 Å². The van der Waals surface area contributed by atoms with Crippen LogP contribution in [0.3, 0.4) is 0 Å². The summed E-state index contributed by atoms with van der Waals surface area (Å²) >= 11 is 0. The number of hydrogen-bond acceptors (Lipinski definition) is 4. The Hall–Kier alpha value is -1.63. The Morgan fingerprint density at radius 1 is 1.14 bits per heavy atom. The van der Waals surface area contributed by atoms with E-state index in [0.717, 1.165) is 32.1 Å². The second-order valence-electron chi connectivity index (χ2n) is 5.83. The molecule has 0 saturated heterocycles. The normalized spacial score (nSPS) is 18.7. The first-order valence-electron chi connectivity index (χ1n) is 7.32. The molecule has 1 aliphatic rings. The van der Waals surface area contributed by atoms with E-state index in [4.69, 9.17) is 15.9 Å². The highest BCUT2D eigenvalue weighted by Crippen LogP contribution is 2.38. The molecular weight excluding hydrogens is 276 g/mol. The predicted octanol–water partition coefficient (Wildman–Crippen LogP) is 0.720. The molecule has 0 aromatic heterocycles. The molecule has 0 unspecified atom stereocenters. The van der Waals surface area contributed by atoms with E-state index in [9.17, 15) is 14.4 Å². The molecule has 0 spiro atoms. The summed E-state index contributed by atoms with van der Waals surface area (Å²) in [5, 5.41) is 20.0. The van der Waals surface area contributed by atoms with Gasteiger partial charge in [0.05, 0.1) is 0 Å². The number of hydrogen-bond donors (Lipinski definition) is 4. The van der Waals surface area contributed by atoms with Crippen molar-refractivity contribution in [2.24, 2.45) is 11.1 Å². The minimum Gasteiger partial charge on any atom is -0.481 e. The van der Waals surface area contributed by atoms with Crippen molar-refractivity contribution >= 4 is 17.8 Å². The molecule has 120 valence electrons. The lowest BCUT2D eigenvalue weighted by molar-refractivity contribution is -0.143. The van der Waals surface area contributed by atoms with Gasteiger partial charge in [0, 0.05) is 12.8 Å². The summed E-state index contributed by atoms with van der Waals surface area (Å²) in [6, 6.07) is -1.16. The fourth-order valence-electron chi connectivity index (χ4n) is 2.87. The van der Waals surface area contributed by atoms with E-state index in [-0.39, 0.29) is 30.6 Å². The molecule has 1 amide bonds. The maximum atomic E-state index is 12.1. The van der Waals surface area contributed by atoms with Crippen LogP contribution in [0.25, 0.3) is 0 Å². The lowest BCUT2D eigenvalue weighted by Crippen LogP contribution is -2.45. The number of aliphatic carboxylic acids is 2. The van der Waals surface area contributed by atoms with Gasteiger partial charge in [0.25, 0.3) is 0 Å². The van der Waals surface area contributed by atoms with Crippen LogP contribution in [0.15, 0.2) is 0 Å². The Labute approximate surface area is 123 Å². The maximum Gasteiger partial charge on any atom is 0.326 e. The van der Waals surface area contributed by atoms with Crippen molar-refractivity contribution in [3.63, 3.8) is 0 Å². The van der Waals surface area contributed by atoms with Crippen LogP contribution < -0.4 is 11.1 Å². The van der Waals surface area contributed by atoms with Gasteiger partial charge in [0.1, 0.15) is 6.04 Å². The third-order valence-corrected chi connectivity index (χ3v) is 4.16. The highest BCUT2D eigenvalue weighted by molar-refractivity contribution is 5.84. The third kappa shape index (κ3) is 5.71. The molecule has 0 aromatic carbocycles. The van der Waals surface area contributed by atoms with Crippen molar-refractivity contribution in [1.82, 2.24) is 5.32 Å². The molecule has 0 aliphatic heterocycles. The number of carbonyl (C=O) groups is 3. The van der Waals surface area contributed by atoms with Crippen molar-refractivity contribution in [2.75, 3.05) is 6.54 Å². The number of nitrogens with two attached hydrogens (primary N) is 1. The smallest absolute Gasteiger partial charge is 0.326 e. The highest BCUT2D eigenvalue weighted by Gasteiger charge is 2.34. The van der Waals surface area contributed by atoms with Crippen LogP contribution in [0.5, 0.6) is 0 Å². The van der Waals surface area contributed by atoms with E-state index in [1.807, 2.05) is 0 Å². The second-order valence-corrected chi connectivity index (χ2v) is 5.83. The van der Waals surface area contributed by atoms with E-state index < -0.39 is 18.0 Å².